The summed E-state index contributed by atoms with van der Waals surface area (Å²) in [6, 6.07) is 19.8. The number of amides is 1. The van der Waals surface area contributed by atoms with E-state index in [0.717, 1.165) is 29.9 Å². The van der Waals surface area contributed by atoms with Crippen molar-refractivity contribution in [2.24, 2.45) is 0 Å². The Hall–Kier alpha value is -3.52. The van der Waals surface area contributed by atoms with Gasteiger partial charge in [0.15, 0.2) is 6.10 Å². The molecule has 2 heterocycles. The van der Waals surface area contributed by atoms with Crippen LogP contribution < -0.4 is 19.3 Å². The van der Waals surface area contributed by atoms with E-state index in [1.807, 2.05) is 44.2 Å². The zero-order valence-electron chi connectivity index (χ0n) is 19.9. The van der Waals surface area contributed by atoms with Crippen molar-refractivity contribution in [3.8, 4) is 5.75 Å². The van der Waals surface area contributed by atoms with Gasteiger partial charge in [0.05, 0.1) is 17.1 Å². The van der Waals surface area contributed by atoms with Crippen molar-refractivity contribution < 1.29 is 17.9 Å². The molecule has 1 N–H and O–H groups in total. The number of benzene rings is 3. The van der Waals surface area contributed by atoms with E-state index in [9.17, 15) is 13.2 Å². The molecule has 2 aliphatic rings. The summed E-state index contributed by atoms with van der Waals surface area (Å²) < 4.78 is 34.5. The van der Waals surface area contributed by atoms with Gasteiger partial charge in [-0.15, -0.1) is 0 Å². The predicted octanol–water partition coefficient (Wildman–Crippen LogP) is 4.50. The molecule has 3 aromatic rings. The molecule has 1 atom stereocenters. The lowest BCUT2D eigenvalue weighted by molar-refractivity contribution is -0.122. The summed E-state index contributed by atoms with van der Waals surface area (Å²) in [5.41, 5.74) is 4.08. The largest absolute Gasteiger partial charge is 0.476 e. The normalized spacial score (nSPS) is 17.6. The Bertz CT molecular complexity index is 1330. The van der Waals surface area contributed by atoms with Crippen molar-refractivity contribution in [2.45, 2.75) is 37.7 Å². The Labute approximate surface area is 206 Å². The van der Waals surface area contributed by atoms with Crippen molar-refractivity contribution >= 4 is 33.0 Å². The van der Waals surface area contributed by atoms with Gasteiger partial charge in [0.25, 0.3) is 15.9 Å². The second-order valence-corrected chi connectivity index (χ2v) is 11.0. The highest BCUT2D eigenvalue weighted by molar-refractivity contribution is 7.92. The second kappa shape index (κ2) is 9.26. The Morgan fingerprint density at radius 2 is 1.57 bits per heavy atom. The fourth-order valence-electron chi connectivity index (χ4n) is 4.52. The lowest BCUT2D eigenvalue weighted by atomic mass is 10.1. The van der Waals surface area contributed by atoms with Gasteiger partial charge < -0.3 is 15.0 Å². The highest BCUT2D eigenvalue weighted by atomic mass is 32.2. The van der Waals surface area contributed by atoms with E-state index >= 15 is 0 Å². The van der Waals surface area contributed by atoms with Crippen LogP contribution in [0.15, 0.2) is 71.6 Å². The van der Waals surface area contributed by atoms with Crippen LogP contribution >= 0.6 is 0 Å². The van der Waals surface area contributed by atoms with Crippen LogP contribution in [-0.2, 0) is 14.8 Å². The molecule has 1 amide bonds. The minimum atomic E-state index is -3.90. The van der Waals surface area contributed by atoms with Crippen LogP contribution in [0.25, 0.3) is 0 Å². The first-order chi connectivity index (χ1) is 16.8. The third kappa shape index (κ3) is 4.71. The zero-order chi connectivity index (χ0) is 24.6. The zero-order valence-corrected chi connectivity index (χ0v) is 20.7. The van der Waals surface area contributed by atoms with Gasteiger partial charge in [-0.25, -0.2) is 8.42 Å². The molecular weight excluding hydrogens is 462 g/mol. The van der Waals surface area contributed by atoms with E-state index in [1.165, 1.54) is 17.1 Å². The monoisotopic (exact) mass is 491 g/mol. The predicted molar refractivity (Wildman–Crippen MR) is 138 cm³/mol. The minimum Gasteiger partial charge on any atom is -0.476 e. The standard InChI is InChI=1S/C27H29N3O4S/c1-19-5-12-23(13-6-19)35(32,33)30-18-26(34-25-14-7-20(2)17-24(25)30)27(31)28-21-8-10-22(11-9-21)29-15-3-4-16-29/h5-14,17,26H,3-4,15-16,18H2,1-2H3,(H,28,31)/t26-/m0/s1. The summed E-state index contributed by atoms with van der Waals surface area (Å²) >= 11 is 0. The molecule has 3 aromatic carbocycles. The molecule has 0 aliphatic carbocycles. The number of ether oxygens (including phenoxy) is 1. The van der Waals surface area contributed by atoms with Gasteiger partial charge >= 0.3 is 0 Å². The van der Waals surface area contributed by atoms with Gasteiger partial charge in [-0.1, -0.05) is 23.8 Å². The van der Waals surface area contributed by atoms with Crippen molar-refractivity contribution in [1.82, 2.24) is 0 Å². The van der Waals surface area contributed by atoms with Crippen LogP contribution in [-0.4, -0.2) is 40.1 Å². The Morgan fingerprint density at radius 3 is 2.26 bits per heavy atom. The molecule has 0 spiro atoms. The van der Waals surface area contributed by atoms with E-state index in [0.29, 0.717) is 17.1 Å². The molecule has 0 unspecified atom stereocenters. The Morgan fingerprint density at radius 1 is 0.914 bits per heavy atom. The number of anilines is 3. The lowest BCUT2D eigenvalue weighted by Crippen LogP contribution is -2.48. The first-order valence-corrected chi connectivity index (χ1v) is 13.3. The van der Waals surface area contributed by atoms with Gasteiger partial charge in [0, 0.05) is 24.5 Å². The van der Waals surface area contributed by atoms with Crippen LogP contribution in [0.3, 0.4) is 0 Å². The average molecular weight is 492 g/mol. The molecule has 8 heteroatoms. The van der Waals surface area contributed by atoms with Gasteiger partial charge in [-0.2, -0.15) is 0 Å². The number of nitrogens with one attached hydrogen (secondary N) is 1. The molecule has 0 aromatic heterocycles. The maximum absolute atomic E-state index is 13.6. The number of carbonyl (C=O) groups excluding carboxylic acids is 1. The van der Waals surface area contributed by atoms with Crippen LogP contribution in [0.4, 0.5) is 17.1 Å². The van der Waals surface area contributed by atoms with Crippen LogP contribution in [0, 0.1) is 13.8 Å². The van der Waals surface area contributed by atoms with Gasteiger partial charge in [0.2, 0.25) is 0 Å². The molecular formula is C27H29N3O4S. The van der Waals surface area contributed by atoms with Crippen LogP contribution in [0.1, 0.15) is 24.0 Å². The summed E-state index contributed by atoms with van der Waals surface area (Å²) in [5.74, 6) is -0.0312. The van der Waals surface area contributed by atoms with Crippen molar-refractivity contribution in [2.75, 3.05) is 34.2 Å². The number of rotatable bonds is 5. The lowest BCUT2D eigenvalue weighted by Gasteiger charge is -2.35. The summed E-state index contributed by atoms with van der Waals surface area (Å²) in [4.78, 5) is 15.7. The topological polar surface area (TPSA) is 79.0 Å². The Balaban J connectivity index is 1.40. The molecule has 7 nitrogen and oxygen atoms in total. The highest BCUT2D eigenvalue weighted by Crippen LogP contribution is 2.38. The maximum Gasteiger partial charge on any atom is 0.267 e. The number of carbonyl (C=O) groups is 1. The van der Waals surface area contributed by atoms with E-state index in [4.69, 9.17) is 4.74 Å². The highest BCUT2D eigenvalue weighted by Gasteiger charge is 2.37. The van der Waals surface area contributed by atoms with Gasteiger partial charge in [0.1, 0.15) is 5.75 Å². The molecule has 1 fully saturated rings. The third-order valence-corrected chi connectivity index (χ3v) is 8.29. The van der Waals surface area contributed by atoms with Gasteiger partial charge in [-0.3, -0.25) is 9.10 Å². The molecule has 0 saturated carbocycles. The smallest absolute Gasteiger partial charge is 0.267 e. The number of nitrogens with zero attached hydrogens (tertiary/aromatic N) is 2. The van der Waals surface area contributed by atoms with Crippen molar-refractivity contribution in [3.05, 3.63) is 77.9 Å². The number of fused-ring (bicyclic) bond motifs is 1. The summed E-state index contributed by atoms with van der Waals surface area (Å²) in [6.45, 7) is 5.77. The fourth-order valence-corrected chi connectivity index (χ4v) is 5.98. The quantitative estimate of drug-likeness (QED) is 0.569. The molecule has 5 rings (SSSR count). The number of aryl methyl sites for hydroxylation is 2. The number of sulfonamides is 1. The van der Waals surface area contributed by atoms with E-state index in [-0.39, 0.29) is 11.4 Å². The van der Waals surface area contributed by atoms with E-state index in [1.54, 1.807) is 36.4 Å². The molecule has 0 bridgehead atoms. The first kappa shape index (κ1) is 23.2. The van der Waals surface area contributed by atoms with Crippen LogP contribution in [0.2, 0.25) is 0 Å². The Kier molecular flexibility index (Phi) is 6.15. The summed E-state index contributed by atoms with van der Waals surface area (Å²) in [6.07, 6.45) is 1.39. The van der Waals surface area contributed by atoms with E-state index < -0.39 is 22.0 Å². The molecule has 1 saturated heterocycles. The SMILES string of the molecule is Cc1ccc(S(=O)(=O)N2C[C@@H](C(=O)Nc3ccc(N4CCCC4)cc3)Oc3ccc(C)cc32)cc1. The average Bonchev–Trinajstić information content (AvgIpc) is 3.39. The molecule has 2 aliphatic heterocycles. The van der Waals surface area contributed by atoms with Gasteiger partial charge in [-0.05, 0) is 80.8 Å². The molecule has 182 valence electrons. The number of hydrogen-bond donors (Lipinski definition) is 1. The number of hydrogen-bond acceptors (Lipinski definition) is 5. The molecule has 35 heavy (non-hydrogen) atoms. The third-order valence-electron chi connectivity index (χ3n) is 6.49. The summed E-state index contributed by atoms with van der Waals surface area (Å²) in [5, 5.41) is 2.89. The van der Waals surface area contributed by atoms with Crippen molar-refractivity contribution in [3.63, 3.8) is 0 Å². The second-order valence-electron chi connectivity index (χ2n) is 9.16. The maximum atomic E-state index is 13.6. The molecule has 0 radical (unpaired) electrons. The summed E-state index contributed by atoms with van der Waals surface area (Å²) in [7, 11) is -3.90. The van der Waals surface area contributed by atoms with Crippen molar-refractivity contribution in [1.29, 1.82) is 0 Å². The van der Waals surface area contributed by atoms with E-state index in [2.05, 4.69) is 10.2 Å². The minimum absolute atomic E-state index is 0.121. The van der Waals surface area contributed by atoms with Crippen LogP contribution in [0.5, 0.6) is 5.75 Å². The first-order valence-electron chi connectivity index (χ1n) is 11.8. The fraction of sp³-hybridized carbons (Fsp3) is 0.296.